The van der Waals surface area contributed by atoms with Crippen LogP contribution in [0.3, 0.4) is 0 Å². The molecule has 1 heterocycles. The topological polar surface area (TPSA) is 33.1 Å². The first-order valence-corrected chi connectivity index (χ1v) is 5.42. The molecule has 0 fully saturated rings. The van der Waals surface area contributed by atoms with E-state index in [1.54, 1.807) is 12.1 Å². The Morgan fingerprint density at radius 3 is 2.53 bits per heavy atom. The van der Waals surface area contributed by atoms with Crippen LogP contribution in [0.5, 0.6) is 0 Å². The molecule has 0 amide bonds. The third kappa shape index (κ3) is 2.17. The summed E-state index contributed by atoms with van der Waals surface area (Å²) in [6.45, 7) is -0.127. The molecule has 0 unspecified atom stereocenters. The Kier molecular flexibility index (Phi) is 3.00. The largest absolute Gasteiger partial charge is 0.391 e. The monoisotopic (exact) mass is 243 g/mol. The molecule has 5 heteroatoms. The van der Waals surface area contributed by atoms with Crippen LogP contribution in [0.15, 0.2) is 24.3 Å². The number of hydrogen-bond donors (Lipinski definition) is 1. The molecule has 0 radical (unpaired) electrons. The highest BCUT2D eigenvalue weighted by Gasteiger charge is 2.09. The zero-order chi connectivity index (χ0) is 10.8. The maximum atomic E-state index is 12.7. The van der Waals surface area contributed by atoms with Crippen molar-refractivity contribution in [2.24, 2.45) is 0 Å². The van der Waals surface area contributed by atoms with E-state index in [4.69, 9.17) is 16.7 Å². The Morgan fingerprint density at radius 2 is 2.00 bits per heavy atom. The molecule has 2 rings (SSSR count). The Balaban J connectivity index is 2.41. The average Bonchev–Trinajstić information content (AvgIpc) is 2.61. The lowest BCUT2D eigenvalue weighted by atomic mass is 10.2. The maximum Gasteiger partial charge on any atom is 0.146 e. The maximum absolute atomic E-state index is 12.7. The summed E-state index contributed by atoms with van der Waals surface area (Å²) in [5.41, 5.74) is 0.794. The fraction of sp³-hybridized carbons (Fsp3) is 0.100. The molecular weight excluding hydrogens is 237 g/mol. The van der Waals surface area contributed by atoms with Crippen molar-refractivity contribution in [2.45, 2.75) is 6.61 Å². The van der Waals surface area contributed by atoms with Crippen molar-refractivity contribution in [3.05, 3.63) is 40.1 Å². The van der Waals surface area contributed by atoms with Gasteiger partial charge in [0.25, 0.3) is 0 Å². The minimum Gasteiger partial charge on any atom is -0.391 e. The van der Waals surface area contributed by atoms with Crippen molar-refractivity contribution in [2.75, 3.05) is 0 Å². The summed E-state index contributed by atoms with van der Waals surface area (Å²) in [5, 5.41) is 9.94. The van der Waals surface area contributed by atoms with Gasteiger partial charge in [-0.15, -0.1) is 11.3 Å². The van der Waals surface area contributed by atoms with Gasteiger partial charge in [-0.2, -0.15) is 0 Å². The van der Waals surface area contributed by atoms with E-state index in [9.17, 15) is 4.39 Å². The molecular formula is C10H7ClFNOS. The highest BCUT2D eigenvalue weighted by Crippen LogP contribution is 2.30. The predicted octanol–water partition coefficient (Wildman–Crippen LogP) is 3.09. The van der Waals surface area contributed by atoms with Crippen molar-refractivity contribution in [3.63, 3.8) is 0 Å². The van der Waals surface area contributed by atoms with Gasteiger partial charge in [0.05, 0.1) is 11.5 Å². The molecule has 0 aliphatic heterocycles. The lowest BCUT2D eigenvalue weighted by molar-refractivity contribution is 0.285. The Labute approximate surface area is 95.0 Å². The molecule has 0 saturated heterocycles. The molecule has 1 N–H and O–H groups in total. The molecule has 0 saturated carbocycles. The van der Waals surface area contributed by atoms with Gasteiger partial charge in [0.15, 0.2) is 0 Å². The Morgan fingerprint density at radius 1 is 1.33 bits per heavy atom. The number of aromatic nitrogens is 1. The highest BCUT2D eigenvalue weighted by atomic mass is 35.5. The van der Waals surface area contributed by atoms with E-state index in [0.29, 0.717) is 15.0 Å². The summed E-state index contributed by atoms with van der Waals surface area (Å²) in [6, 6.07) is 5.99. The summed E-state index contributed by atoms with van der Waals surface area (Å²) in [7, 11) is 0. The number of aliphatic hydroxyl groups is 1. The zero-order valence-corrected chi connectivity index (χ0v) is 9.15. The number of thiazole rings is 1. The number of halogens is 2. The van der Waals surface area contributed by atoms with Crippen LogP contribution in [0.25, 0.3) is 10.6 Å². The van der Waals surface area contributed by atoms with E-state index in [1.807, 2.05) is 0 Å². The summed E-state index contributed by atoms with van der Waals surface area (Å²) in [4.78, 5) is 4.70. The SMILES string of the molecule is OCc1sc(-c2ccc(F)cc2)nc1Cl. The molecule has 0 aliphatic carbocycles. The molecule has 1 aromatic carbocycles. The van der Waals surface area contributed by atoms with E-state index >= 15 is 0 Å². The van der Waals surface area contributed by atoms with Crippen LogP contribution in [-0.2, 0) is 6.61 Å². The second kappa shape index (κ2) is 4.26. The number of nitrogens with zero attached hydrogens (tertiary/aromatic N) is 1. The first kappa shape index (κ1) is 10.5. The minimum atomic E-state index is -0.288. The molecule has 0 bridgehead atoms. The van der Waals surface area contributed by atoms with Crippen molar-refractivity contribution in [1.82, 2.24) is 4.98 Å². The standard InChI is InChI=1S/C10H7ClFNOS/c11-9-8(5-14)15-10(13-9)6-1-3-7(12)4-2-6/h1-4,14H,5H2. The average molecular weight is 244 g/mol. The van der Waals surface area contributed by atoms with Crippen molar-refractivity contribution >= 4 is 22.9 Å². The first-order valence-electron chi connectivity index (χ1n) is 4.22. The van der Waals surface area contributed by atoms with Crippen molar-refractivity contribution in [3.8, 4) is 10.6 Å². The highest BCUT2D eigenvalue weighted by molar-refractivity contribution is 7.15. The lowest BCUT2D eigenvalue weighted by Crippen LogP contribution is -1.77. The van der Waals surface area contributed by atoms with Gasteiger partial charge in [-0.25, -0.2) is 9.37 Å². The van der Waals surface area contributed by atoms with Gasteiger partial charge in [-0.05, 0) is 24.3 Å². The summed E-state index contributed by atoms with van der Waals surface area (Å²) < 4.78 is 12.7. The second-order valence-electron chi connectivity index (χ2n) is 2.90. The second-order valence-corrected chi connectivity index (χ2v) is 4.34. The molecule has 0 atom stereocenters. The molecule has 78 valence electrons. The molecule has 0 spiro atoms. The van der Waals surface area contributed by atoms with Gasteiger partial charge in [0.2, 0.25) is 0 Å². The van der Waals surface area contributed by atoms with Gasteiger partial charge in [0, 0.05) is 5.56 Å². The first-order chi connectivity index (χ1) is 7.20. The number of aliphatic hydroxyl groups excluding tert-OH is 1. The van der Waals surface area contributed by atoms with Crippen molar-refractivity contribution in [1.29, 1.82) is 0 Å². The normalized spacial score (nSPS) is 10.6. The molecule has 15 heavy (non-hydrogen) atoms. The third-order valence-electron chi connectivity index (χ3n) is 1.88. The van der Waals surface area contributed by atoms with Crippen LogP contribution in [0, 0.1) is 5.82 Å². The van der Waals surface area contributed by atoms with Gasteiger partial charge in [0.1, 0.15) is 16.0 Å². The van der Waals surface area contributed by atoms with E-state index in [2.05, 4.69) is 4.98 Å². The minimum absolute atomic E-state index is 0.127. The van der Waals surface area contributed by atoms with Gasteiger partial charge in [-0.1, -0.05) is 11.6 Å². The van der Waals surface area contributed by atoms with Gasteiger partial charge < -0.3 is 5.11 Å². The third-order valence-corrected chi connectivity index (χ3v) is 3.40. The summed E-state index contributed by atoms with van der Waals surface area (Å²) >= 11 is 7.09. The lowest BCUT2D eigenvalue weighted by Gasteiger charge is -1.94. The van der Waals surface area contributed by atoms with E-state index < -0.39 is 0 Å². The van der Waals surface area contributed by atoms with E-state index in [-0.39, 0.29) is 12.4 Å². The van der Waals surface area contributed by atoms with Crippen LogP contribution >= 0.6 is 22.9 Å². The van der Waals surface area contributed by atoms with Crippen molar-refractivity contribution < 1.29 is 9.50 Å². The van der Waals surface area contributed by atoms with Crippen LogP contribution in [-0.4, -0.2) is 10.1 Å². The van der Waals surface area contributed by atoms with E-state index in [0.717, 1.165) is 5.56 Å². The number of rotatable bonds is 2. The number of hydrogen-bond acceptors (Lipinski definition) is 3. The van der Waals surface area contributed by atoms with Gasteiger partial charge >= 0.3 is 0 Å². The van der Waals surface area contributed by atoms with E-state index in [1.165, 1.54) is 23.5 Å². The smallest absolute Gasteiger partial charge is 0.146 e. The fourth-order valence-electron chi connectivity index (χ4n) is 1.15. The zero-order valence-electron chi connectivity index (χ0n) is 7.58. The summed E-state index contributed by atoms with van der Waals surface area (Å²) in [5.74, 6) is -0.288. The summed E-state index contributed by atoms with van der Waals surface area (Å²) in [6.07, 6.45) is 0. The molecule has 0 aliphatic rings. The number of benzene rings is 1. The van der Waals surface area contributed by atoms with Gasteiger partial charge in [-0.3, -0.25) is 0 Å². The molecule has 2 nitrogen and oxygen atoms in total. The predicted molar refractivity (Wildman–Crippen MR) is 58.4 cm³/mol. The quantitative estimate of drug-likeness (QED) is 0.879. The van der Waals surface area contributed by atoms with Crippen LogP contribution < -0.4 is 0 Å². The van der Waals surface area contributed by atoms with Crippen LogP contribution in [0.4, 0.5) is 4.39 Å². The fourth-order valence-corrected chi connectivity index (χ4v) is 2.28. The molecule has 2 aromatic rings. The Hall–Kier alpha value is -0.970. The molecule has 1 aromatic heterocycles. The van der Waals surface area contributed by atoms with Crippen LogP contribution in [0.1, 0.15) is 4.88 Å². The van der Waals surface area contributed by atoms with Crippen LogP contribution in [0.2, 0.25) is 5.15 Å². The Bertz CT molecular complexity index is 469.